The van der Waals surface area contributed by atoms with Crippen molar-refractivity contribution in [1.29, 1.82) is 0 Å². The van der Waals surface area contributed by atoms with E-state index in [0.717, 1.165) is 33.0 Å². The lowest BCUT2D eigenvalue weighted by Gasteiger charge is -2.06. The summed E-state index contributed by atoms with van der Waals surface area (Å²) in [5.74, 6) is -0.0454. The number of Topliss-reactive ketones (excluding diaryl/α,β-unsaturated/α-hetero) is 1. The number of aryl methyl sites for hydroxylation is 4. The number of ketones is 1. The first-order chi connectivity index (χ1) is 12.4. The molecule has 0 saturated heterocycles. The Kier molecular flexibility index (Phi) is 3.74. The van der Waals surface area contributed by atoms with E-state index in [-0.39, 0.29) is 11.5 Å². The molecule has 0 spiro atoms. The average molecular weight is 348 g/mol. The second-order valence-corrected chi connectivity index (χ2v) is 6.91. The maximum absolute atomic E-state index is 12.9. The molecule has 4 rings (SSSR count). The van der Waals surface area contributed by atoms with E-state index in [1.807, 2.05) is 64.1 Å². The molecule has 0 aliphatic rings. The van der Waals surface area contributed by atoms with Crippen molar-refractivity contribution in [2.45, 2.75) is 33.8 Å². The smallest absolute Gasteiger partial charge is 0.234 e. The molecule has 2 aromatic heterocycles. The number of aliphatic hydroxyl groups is 1. The van der Waals surface area contributed by atoms with Crippen LogP contribution >= 0.6 is 0 Å². The van der Waals surface area contributed by atoms with Gasteiger partial charge in [-0.15, -0.1) is 0 Å². The van der Waals surface area contributed by atoms with Crippen molar-refractivity contribution >= 4 is 27.7 Å². The van der Waals surface area contributed by atoms with E-state index in [0.29, 0.717) is 11.2 Å². The number of carbonyl (C=O) groups is 1. The van der Waals surface area contributed by atoms with Gasteiger partial charge in [-0.25, -0.2) is 0 Å². The van der Waals surface area contributed by atoms with Gasteiger partial charge in [0.25, 0.3) is 0 Å². The number of fused-ring (bicyclic) bond motifs is 2. The molecule has 0 radical (unpaired) electrons. The lowest BCUT2D eigenvalue weighted by Crippen LogP contribution is -2.12. The highest BCUT2D eigenvalue weighted by molar-refractivity contribution is 6.03. The van der Waals surface area contributed by atoms with Crippen LogP contribution in [-0.4, -0.2) is 10.9 Å². The molecule has 0 fully saturated rings. The summed E-state index contributed by atoms with van der Waals surface area (Å²) in [7, 11) is 0. The number of carbonyl (C=O) groups excluding carboxylic acids is 1. The normalized spacial score (nSPS) is 12.8. The van der Waals surface area contributed by atoms with E-state index in [1.54, 1.807) is 0 Å². The quantitative estimate of drug-likeness (QED) is 0.508. The summed E-state index contributed by atoms with van der Waals surface area (Å²) in [5.41, 5.74) is 4.99. The Morgan fingerprint density at radius 2 is 1.38 bits per heavy atom. The van der Waals surface area contributed by atoms with E-state index < -0.39 is 11.9 Å². The van der Waals surface area contributed by atoms with Crippen molar-refractivity contribution < 1.29 is 18.7 Å². The highest BCUT2D eigenvalue weighted by atomic mass is 16.4. The molecule has 0 aliphatic heterocycles. The Hall–Kier alpha value is -2.85. The molecule has 132 valence electrons. The molecule has 4 aromatic rings. The number of furan rings is 2. The monoisotopic (exact) mass is 348 g/mol. The maximum atomic E-state index is 12.9. The molecule has 2 heterocycles. The lowest BCUT2D eigenvalue weighted by molar-refractivity contribution is 0.0677. The number of aliphatic hydroxyl groups excluding tert-OH is 1. The van der Waals surface area contributed by atoms with E-state index >= 15 is 0 Å². The van der Waals surface area contributed by atoms with E-state index in [1.165, 1.54) is 0 Å². The molecule has 0 bridgehead atoms. The molecule has 2 aromatic carbocycles. The zero-order chi connectivity index (χ0) is 18.6. The van der Waals surface area contributed by atoms with Crippen molar-refractivity contribution in [3.63, 3.8) is 0 Å². The Bertz CT molecular complexity index is 1160. The Labute approximate surface area is 151 Å². The van der Waals surface area contributed by atoms with Crippen LogP contribution in [0.4, 0.5) is 0 Å². The van der Waals surface area contributed by atoms with Crippen molar-refractivity contribution in [3.05, 3.63) is 70.2 Å². The molecule has 1 N–H and O–H groups in total. The van der Waals surface area contributed by atoms with E-state index in [2.05, 4.69) is 0 Å². The van der Waals surface area contributed by atoms with Crippen molar-refractivity contribution in [1.82, 2.24) is 0 Å². The first kappa shape index (κ1) is 16.6. The van der Waals surface area contributed by atoms with Gasteiger partial charge in [-0.3, -0.25) is 4.79 Å². The second kappa shape index (κ2) is 5.85. The van der Waals surface area contributed by atoms with Crippen LogP contribution in [0.15, 0.2) is 45.2 Å². The maximum Gasteiger partial charge on any atom is 0.234 e. The molecule has 0 amide bonds. The van der Waals surface area contributed by atoms with Gasteiger partial charge in [0.1, 0.15) is 16.9 Å². The largest absolute Gasteiger partial charge is 0.458 e. The van der Waals surface area contributed by atoms with Crippen LogP contribution in [0.3, 0.4) is 0 Å². The molecule has 4 heteroatoms. The minimum atomic E-state index is -1.40. The number of hydrogen-bond acceptors (Lipinski definition) is 4. The fourth-order valence-corrected chi connectivity index (χ4v) is 3.43. The summed E-state index contributed by atoms with van der Waals surface area (Å²) in [6, 6.07) is 11.5. The average Bonchev–Trinajstić information content (AvgIpc) is 3.12. The van der Waals surface area contributed by atoms with Crippen molar-refractivity contribution in [3.8, 4) is 0 Å². The SMILES string of the molecule is Cc1ccc2oc(C(=O)C(O)c3oc4ccc(C)cc4c3C)c(C)c2c1. The zero-order valence-electron chi connectivity index (χ0n) is 15.2. The summed E-state index contributed by atoms with van der Waals surface area (Å²) in [6.07, 6.45) is -1.40. The van der Waals surface area contributed by atoms with Gasteiger partial charge in [-0.05, 0) is 52.0 Å². The van der Waals surface area contributed by atoms with Gasteiger partial charge in [0, 0.05) is 21.9 Å². The molecule has 26 heavy (non-hydrogen) atoms. The highest BCUT2D eigenvalue weighted by Gasteiger charge is 2.30. The molecular formula is C22H20O4. The number of rotatable bonds is 3. The van der Waals surface area contributed by atoms with E-state index in [9.17, 15) is 9.90 Å². The first-order valence-corrected chi connectivity index (χ1v) is 8.58. The fraction of sp³-hybridized carbons (Fsp3) is 0.227. The van der Waals surface area contributed by atoms with Crippen LogP contribution in [-0.2, 0) is 0 Å². The molecule has 1 atom stereocenters. The van der Waals surface area contributed by atoms with E-state index in [4.69, 9.17) is 8.83 Å². The van der Waals surface area contributed by atoms with Gasteiger partial charge in [0.05, 0.1) is 0 Å². The minimum Gasteiger partial charge on any atom is -0.458 e. The lowest BCUT2D eigenvalue weighted by atomic mass is 10.0. The molecule has 1 unspecified atom stereocenters. The van der Waals surface area contributed by atoms with Gasteiger partial charge in [-0.2, -0.15) is 0 Å². The molecule has 0 aliphatic carbocycles. The Morgan fingerprint density at radius 3 is 2.00 bits per heavy atom. The fourth-order valence-electron chi connectivity index (χ4n) is 3.43. The molecular weight excluding hydrogens is 328 g/mol. The first-order valence-electron chi connectivity index (χ1n) is 8.58. The van der Waals surface area contributed by atoms with Crippen LogP contribution in [0, 0.1) is 27.7 Å². The third-order valence-corrected chi connectivity index (χ3v) is 4.94. The molecule has 4 nitrogen and oxygen atoms in total. The number of hydrogen-bond donors (Lipinski definition) is 1. The van der Waals surface area contributed by atoms with Crippen LogP contribution in [0.5, 0.6) is 0 Å². The molecule has 0 saturated carbocycles. The van der Waals surface area contributed by atoms with Crippen molar-refractivity contribution in [2.75, 3.05) is 0 Å². The van der Waals surface area contributed by atoms with Crippen LogP contribution in [0.2, 0.25) is 0 Å². The summed E-state index contributed by atoms with van der Waals surface area (Å²) >= 11 is 0. The summed E-state index contributed by atoms with van der Waals surface area (Å²) in [4.78, 5) is 12.9. The Morgan fingerprint density at radius 1 is 0.846 bits per heavy atom. The van der Waals surface area contributed by atoms with Crippen LogP contribution in [0.25, 0.3) is 21.9 Å². The minimum absolute atomic E-state index is 0.175. The van der Waals surface area contributed by atoms with Gasteiger partial charge in [0.2, 0.25) is 5.78 Å². The Balaban J connectivity index is 1.79. The van der Waals surface area contributed by atoms with Crippen LogP contribution in [0.1, 0.15) is 44.7 Å². The van der Waals surface area contributed by atoms with Gasteiger partial charge < -0.3 is 13.9 Å². The second-order valence-electron chi connectivity index (χ2n) is 6.91. The summed E-state index contributed by atoms with van der Waals surface area (Å²) < 4.78 is 11.5. The summed E-state index contributed by atoms with van der Waals surface area (Å²) in [6.45, 7) is 7.67. The highest BCUT2D eigenvalue weighted by Crippen LogP contribution is 2.34. The number of benzene rings is 2. The van der Waals surface area contributed by atoms with Gasteiger partial charge in [-0.1, -0.05) is 23.3 Å². The van der Waals surface area contributed by atoms with Gasteiger partial charge >= 0.3 is 0 Å². The summed E-state index contributed by atoms with van der Waals surface area (Å²) in [5, 5.41) is 12.5. The standard InChI is InChI=1S/C22H20O4/c1-11-5-7-17-15(9-11)13(3)21(25-17)19(23)20(24)22-14(4)16-10-12(2)6-8-18(16)26-22/h5-10,19,23H,1-4H3. The van der Waals surface area contributed by atoms with Crippen molar-refractivity contribution in [2.24, 2.45) is 0 Å². The zero-order valence-corrected chi connectivity index (χ0v) is 15.2. The topological polar surface area (TPSA) is 63.6 Å². The predicted molar refractivity (Wildman–Crippen MR) is 101 cm³/mol. The third-order valence-electron chi connectivity index (χ3n) is 4.94. The third kappa shape index (κ3) is 2.45. The van der Waals surface area contributed by atoms with Crippen LogP contribution < -0.4 is 0 Å². The van der Waals surface area contributed by atoms with Gasteiger partial charge in [0.15, 0.2) is 11.9 Å². The predicted octanol–water partition coefficient (Wildman–Crippen LogP) is 5.33.